The van der Waals surface area contributed by atoms with Crippen molar-refractivity contribution in [1.29, 1.82) is 0 Å². The zero-order valence-corrected chi connectivity index (χ0v) is 14.7. The fraction of sp³-hybridized carbons (Fsp3) is 0.333. The van der Waals surface area contributed by atoms with Crippen LogP contribution in [0.2, 0.25) is 0 Å². The average Bonchev–Trinajstić information content (AvgIpc) is 3.04. The summed E-state index contributed by atoms with van der Waals surface area (Å²) in [5, 5.41) is 9.12. The van der Waals surface area contributed by atoms with Crippen molar-refractivity contribution in [2.75, 3.05) is 19.3 Å². The number of sulfonamides is 1. The van der Waals surface area contributed by atoms with Crippen LogP contribution in [0.5, 0.6) is 0 Å². The molecule has 1 atom stereocenters. The minimum absolute atomic E-state index is 0.226. The van der Waals surface area contributed by atoms with E-state index in [1.165, 1.54) is 10.6 Å². The maximum absolute atomic E-state index is 11.6. The standard InChI is InChI=1S/C18H20N2O4S/c1-25(23,24)20-9-8-13(12-20)10-16-6-3-7-17(19-16)14-4-2-5-15(11-14)18(21)22/h2-7,11,13H,8-10,12H2,1H3,(H,21,22). The third kappa shape index (κ3) is 4.24. The fourth-order valence-electron chi connectivity index (χ4n) is 3.13. The second-order valence-electron chi connectivity index (χ2n) is 6.38. The molecule has 1 fully saturated rings. The Bertz CT molecular complexity index is 895. The van der Waals surface area contributed by atoms with Gasteiger partial charge in [0.05, 0.1) is 17.5 Å². The number of hydrogen-bond donors (Lipinski definition) is 1. The molecule has 7 heteroatoms. The van der Waals surface area contributed by atoms with Crippen LogP contribution < -0.4 is 0 Å². The van der Waals surface area contributed by atoms with E-state index in [1.807, 2.05) is 24.3 Å². The van der Waals surface area contributed by atoms with Gasteiger partial charge in [-0.3, -0.25) is 4.98 Å². The Morgan fingerprint density at radius 2 is 2.04 bits per heavy atom. The predicted octanol–water partition coefficient (Wildman–Crippen LogP) is 2.27. The van der Waals surface area contributed by atoms with E-state index in [0.717, 1.165) is 23.4 Å². The molecule has 1 unspecified atom stereocenters. The highest BCUT2D eigenvalue weighted by atomic mass is 32.2. The summed E-state index contributed by atoms with van der Waals surface area (Å²) in [5.41, 5.74) is 2.59. The Balaban J connectivity index is 1.77. The van der Waals surface area contributed by atoms with Gasteiger partial charge in [-0.2, -0.15) is 0 Å². The molecule has 6 nitrogen and oxygen atoms in total. The second-order valence-corrected chi connectivity index (χ2v) is 8.36. The van der Waals surface area contributed by atoms with E-state index in [4.69, 9.17) is 5.11 Å². The van der Waals surface area contributed by atoms with Crippen molar-refractivity contribution in [1.82, 2.24) is 9.29 Å². The van der Waals surface area contributed by atoms with Crippen molar-refractivity contribution in [3.05, 3.63) is 53.7 Å². The SMILES string of the molecule is CS(=O)(=O)N1CCC(Cc2cccc(-c3cccc(C(=O)O)c3)n2)C1. The Morgan fingerprint density at radius 3 is 2.72 bits per heavy atom. The molecule has 1 N–H and O–H groups in total. The van der Waals surface area contributed by atoms with E-state index in [1.54, 1.807) is 18.2 Å². The van der Waals surface area contributed by atoms with Gasteiger partial charge in [0, 0.05) is 24.3 Å². The summed E-state index contributed by atoms with van der Waals surface area (Å²) in [6.07, 6.45) is 2.77. The predicted molar refractivity (Wildman–Crippen MR) is 94.9 cm³/mol. The molecular weight excluding hydrogens is 340 g/mol. The highest BCUT2D eigenvalue weighted by molar-refractivity contribution is 7.88. The molecule has 0 spiro atoms. The van der Waals surface area contributed by atoms with Crippen LogP contribution in [0.15, 0.2) is 42.5 Å². The summed E-state index contributed by atoms with van der Waals surface area (Å²) >= 11 is 0. The monoisotopic (exact) mass is 360 g/mol. The first-order valence-corrected chi connectivity index (χ1v) is 9.92. The normalized spacial score (nSPS) is 18.4. The topological polar surface area (TPSA) is 87.6 Å². The molecule has 0 aliphatic carbocycles. The zero-order valence-electron chi connectivity index (χ0n) is 13.9. The lowest BCUT2D eigenvalue weighted by atomic mass is 10.0. The molecule has 3 rings (SSSR count). The Morgan fingerprint density at radius 1 is 1.28 bits per heavy atom. The molecule has 1 aliphatic heterocycles. The molecule has 1 aromatic carbocycles. The third-order valence-corrected chi connectivity index (χ3v) is 5.70. The number of aromatic nitrogens is 1. The lowest BCUT2D eigenvalue weighted by molar-refractivity contribution is 0.0697. The second kappa shape index (κ2) is 6.93. The van der Waals surface area contributed by atoms with Crippen molar-refractivity contribution in [2.45, 2.75) is 12.8 Å². The fourth-order valence-corrected chi connectivity index (χ4v) is 4.04. The van der Waals surface area contributed by atoms with Gasteiger partial charge in [0.25, 0.3) is 0 Å². The van der Waals surface area contributed by atoms with Crippen LogP contribution in [-0.4, -0.2) is 48.1 Å². The number of aromatic carboxylic acids is 1. The summed E-state index contributed by atoms with van der Waals surface area (Å²) in [6, 6.07) is 12.4. The number of benzene rings is 1. The van der Waals surface area contributed by atoms with Crippen molar-refractivity contribution in [3.63, 3.8) is 0 Å². The quantitative estimate of drug-likeness (QED) is 0.884. The number of carbonyl (C=O) groups is 1. The lowest BCUT2D eigenvalue weighted by Gasteiger charge is -2.13. The number of carboxylic acid groups (broad SMARTS) is 1. The molecule has 132 valence electrons. The van der Waals surface area contributed by atoms with Gasteiger partial charge in [-0.15, -0.1) is 0 Å². The van der Waals surface area contributed by atoms with Crippen molar-refractivity contribution in [2.24, 2.45) is 5.92 Å². The van der Waals surface area contributed by atoms with E-state index in [-0.39, 0.29) is 11.5 Å². The van der Waals surface area contributed by atoms with Crippen LogP contribution in [0.4, 0.5) is 0 Å². The number of pyridine rings is 1. The summed E-state index contributed by atoms with van der Waals surface area (Å²) in [4.78, 5) is 15.8. The van der Waals surface area contributed by atoms with Gasteiger partial charge in [-0.1, -0.05) is 18.2 Å². The molecule has 2 heterocycles. The number of hydrogen-bond acceptors (Lipinski definition) is 4. The smallest absolute Gasteiger partial charge is 0.335 e. The van der Waals surface area contributed by atoms with Gasteiger partial charge in [-0.25, -0.2) is 17.5 Å². The van der Waals surface area contributed by atoms with Crippen LogP contribution in [0.25, 0.3) is 11.3 Å². The largest absolute Gasteiger partial charge is 0.478 e. The van der Waals surface area contributed by atoms with E-state index in [9.17, 15) is 13.2 Å². The third-order valence-electron chi connectivity index (χ3n) is 4.43. The lowest BCUT2D eigenvalue weighted by Crippen LogP contribution is -2.27. The Kier molecular flexibility index (Phi) is 4.87. The molecule has 25 heavy (non-hydrogen) atoms. The first-order chi connectivity index (χ1) is 11.8. The summed E-state index contributed by atoms with van der Waals surface area (Å²) in [6.45, 7) is 1.09. The van der Waals surface area contributed by atoms with E-state index in [2.05, 4.69) is 4.98 Å². The van der Waals surface area contributed by atoms with Gasteiger partial charge in [0.1, 0.15) is 0 Å². The summed E-state index contributed by atoms with van der Waals surface area (Å²) in [5.74, 6) is -0.715. The number of rotatable bonds is 5. The van der Waals surface area contributed by atoms with Gasteiger partial charge >= 0.3 is 5.97 Å². The minimum Gasteiger partial charge on any atom is -0.478 e. The molecule has 0 amide bonds. The number of nitrogens with zero attached hydrogens (tertiary/aromatic N) is 2. The minimum atomic E-state index is -3.13. The molecule has 0 radical (unpaired) electrons. The average molecular weight is 360 g/mol. The molecule has 1 aliphatic rings. The van der Waals surface area contributed by atoms with Crippen molar-refractivity contribution >= 4 is 16.0 Å². The van der Waals surface area contributed by atoms with Crippen LogP contribution in [0.3, 0.4) is 0 Å². The maximum Gasteiger partial charge on any atom is 0.335 e. The van der Waals surface area contributed by atoms with Crippen LogP contribution in [0, 0.1) is 5.92 Å². The highest BCUT2D eigenvalue weighted by Crippen LogP contribution is 2.24. The van der Waals surface area contributed by atoms with Gasteiger partial charge in [0.15, 0.2) is 0 Å². The molecular formula is C18H20N2O4S. The Labute approximate surface area is 147 Å². The molecule has 2 aromatic rings. The summed E-state index contributed by atoms with van der Waals surface area (Å²) < 4.78 is 24.8. The highest BCUT2D eigenvalue weighted by Gasteiger charge is 2.28. The van der Waals surface area contributed by atoms with Crippen molar-refractivity contribution in [3.8, 4) is 11.3 Å². The molecule has 0 saturated carbocycles. The van der Waals surface area contributed by atoms with Crippen LogP contribution >= 0.6 is 0 Å². The first-order valence-electron chi connectivity index (χ1n) is 8.08. The van der Waals surface area contributed by atoms with Gasteiger partial charge in [-0.05, 0) is 43.0 Å². The molecule has 1 saturated heterocycles. The number of carboxylic acids is 1. The summed E-state index contributed by atoms with van der Waals surface area (Å²) in [7, 11) is -3.13. The molecule has 0 bridgehead atoms. The van der Waals surface area contributed by atoms with E-state index in [0.29, 0.717) is 19.5 Å². The van der Waals surface area contributed by atoms with Gasteiger partial charge in [0.2, 0.25) is 10.0 Å². The maximum atomic E-state index is 11.6. The zero-order chi connectivity index (χ0) is 18.0. The first kappa shape index (κ1) is 17.6. The van der Waals surface area contributed by atoms with E-state index < -0.39 is 16.0 Å². The van der Waals surface area contributed by atoms with Crippen LogP contribution in [-0.2, 0) is 16.4 Å². The van der Waals surface area contributed by atoms with E-state index >= 15 is 0 Å². The van der Waals surface area contributed by atoms with Crippen LogP contribution in [0.1, 0.15) is 22.5 Å². The molecule has 1 aromatic heterocycles. The Hall–Kier alpha value is -2.25. The van der Waals surface area contributed by atoms with Crippen molar-refractivity contribution < 1.29 is 18.3 Å². The van der Waals surface area contributed by atoms with Gasteiger partial charge < -0.3 is 5.11 Å².